The standard InChI is InChI=1S/C12H16FNO2/c1-3-16-11-5-4-9(6-10(11)13)12(14-2)7-15-8-12/h4-6,14H,3,7-8H2,1-2H3. The highest BCUT2D eigenvalue weighted by Crippen LogP contribution is 2.31. The Hall–Kier alpha value is -1.13. The van der Waals surface area contributed by atoms with Crippen LogP contribution in [0.5, 0.6) is 5.75 Å². The lowest BCUT2D eigenvalue weighted by Crippen LogP contribution is -2.56. The Morgan fingerprint density at radius 1 is 1.50 bits per heavy atom. The molecule has 0 aliphatic carbocycles. The summed E-state index contributed by atoms with van der Waals surface area (Å²) in [6.45, 7) is 3.46. The molecule has 3 nitrogen and oxygen atoms in total. The Bertz CT molecular complexity index is 372. The highest BCUT2D eigenvalue weighted by molar-refractivity contribution is 5.34. The zero-order chi connectivity index (χ0) is 11.6. The van der Waals surface area contributed by atoms with Gasteiger partial charge in [-0.1, -0.05) is 6.07 Å². The first-order valence-corrected chi connectivity index (χ1v) is 5.41. The van der Waals surface area contributed by atoms with E-state index >= 15 is 0 Å². The third kappa shape index (κ3) is 1.79. The molecule has 0 unspecified atom stereocenters. The van der Waals surface area contributed by atoms with Crippen LogP contribution in [0.2, 0.25) is 0 Å². The Kier molecular flexibility index (Phi) is 3.12. The predicted octanol–water partition coefficient (Wildman–Crippen LogP) is 1.67. The van der Waals surface area contributed by atoms with Crippen molar-refractivity contribution in [3.05, 3.63) is 29.6 Å². The van der Waals surface area contributed by atoms with Crippen LogP contribution in [0.15, 0.2) is 18.2 Å². The van der Waals surface area contributed by atoms with Gasteiger partial charge in [0.05, 0.1) is 25.4 Å². The minimum Gasteiger partial charge on any atom is -0.491 e. The molecule has 88 valence electrons. The number of nitrogens with one attached hydrogen (secondary N) is 1. The van der Waals surface area contributed by atoms with Gasteiger partial charge >= 0.3 is 0 Å². The fourth-order valence-corrected chi connectivity index (χ4v) is 1.83. The molecule has 4 heteroatoms. The van der Waals surface area contributed by atoms with E-state index in [1.165, 1.54) is 6.07 Å². The molecule has 0 radical (unpaired) electrons. The predicted molar refractivity (Wildman–Crippen MR) is 59.1 cm³/mol. The summed E-state index contributed by atoms with van der Waals surface area (Å²) < 4.78 is 24.0. The van der Waals surface area contributed by atoms with Gasteiger partial charge in [0.2, 0.25) is 0 Å². The summed E-state index contributed by atoms with van der Waals surface area (Å²) in [5.41, 5.74) is 0.674. The summed E-state index contributed by atoms with van der Waals surface area (Å²) >= 11 is 0. The van der Waals surface area contributed by atoms with Crippen molar-refractivity contribution in [3.8, 4) is 5.75 Å². The molecule has 0 aromatic heterocycles. The first kappa shape index (κ1) is 11.4. The van der Waals surface area contributed by atoms with E-state index in [-0.39, 0.29) is 11.4 Å². The fraction of sp³-hybridized carbons (Fsp3) is 0.500. The summed E-state index contributed by atoms with van der Waals surface area (Å²) in [5, 5.41) is 3.18. The number of likely N-dealkylation sites (N-methyl/N-ethyl adjacent to an activating group) is 1. The molecule has 1 heterocycles. The maximum absolute atomic E-state index is 13.7. The Balaban J connectivity index is 2.26. The maximum atomic E-state index is 13.7. The van der Waals surface area contributed by atoms with Crippen molar-refractivity contribution in [1.29, 1.82) is 0 Å². The van der Waals surface area contributed by atoms with E-state index in [1.54, 1.807) is 6.07 Å². The van der Waals surface area contributed by atoms with Crippen molar-refractivity contribution in [3.63, 3.8) is 0 Å². The van der Waals surface area contributed by atoms with Crippen molar-refractivity contribution >= 4 is 0 Å². The average molecular weight is 225 g/mol. The van der Waals surface area contributed by atoms with E-state index in [0.717, 1.165) is 5.56 Å². The topological polar surface area (TPSA) is 30.5 Å². The first-order chi connectivity index (χ1) is 7.72. The lowest BCUT2D eigenvalue weighted by atomic mass is 9.88. The monoisotopic (exact) mass is 225 g/mol. The normalized spacial score (nSPS) is 17.9. The van der Waals surface area contributed by atoms with Gasteiger partial charge in [0.1, 0.15) is 0 Å². The van der Waals surface area contributed by atoms with E-state index in [2.05, 4.69) is 5.32 Å². The van der Waals surface area contributed by atoms with Crippen LogP contribution < -0.4 is 10.1 Å². The van der Waals surface area contributed by atoms with Gasteiger partial charge in [-0.15, -0.1) is 0 Å². The smallest absolute Gasteiger partial charge is 0.165 e. The van der Waals surface area contributed by atoms with E-state index in [9.17, 15) is 4.39 Å². The van der Waals surface area contributed by atoms with Crippen molar-refractivity contribution in [2.24, 2.45) is 0 Å². The first-order valence-electron chi connectivity index (χ1n) is 5.41. The second-order valence-corrected chi connectivity index (χ2v) is 3.90. The largest absolute Gasteiger partial charge is 0.491 e. The van der Waals surface area contributed by atoms with Gasteiger partial charge in [-0.25, -0.2) is 4.39 Å². The number of rotatable bonds is 4. The van der Waals surface area contributed by atoms with Crippen LogP contribution in [0.3, 0.4) is 0 Å². The summed E-state index contributed by atoms with van der Waals surface area (Å²) in [4.78, 5) is 0. The molecule has 1 fully saturated rings. The van der Waals surface area contributed by atoms with Gasteiger partial charge in [-0.3, -0.25) is 0 Å². The van der Waals surface area contributed by atoms with E-state index in [1.807, 2.05) is 20.0 Å². The number of halogens is 1. The van der Waals surface area contributed by atoms with Crippen LogP contribution in [0, 0.1) is 5.82 Å². The molecule has 1 aliphatic rings. The van der Waals surface area contributed by atoms with Gasteiger partial charge in [-0.05, 0) is 31.7 Å². The molecule has 1 aromatic carbocycles. The van der Waals surface area contributed by atoms with Gasteiger partial charge in [0.25, 0.3) is 0 Å². The Morgan fingerprint density at radius 3 is 2.69 bits per heavy atom. The number of benzene rings is 1. The number of ether oxygens (including phenoxy) is 2. The van der Waals surface area contributed by atoms with Gasteiger partial charge in [0, 0.05) is 0 Å². The van der Waals surface area contributed by atoms with Crippen LogP contribution in [-0.2, 0) is 10.3 Å². The maximum Gasteiger partial charge on any atom is 0.165 e. The molecule has 1 aromatic rings. The molecule has 0 atom stereocenters. The molecule has 0 amide bonds. The molecule has 0 bridgehead atoms. The van der Waals surface area contributed by atoms with Crippen LogP contribution >= 0.6 is 0 Å². The van der Waals surface area contributed by atoms with Crippen molar-refractivity contribution in [2.75, 3.05) is 26.9 Å². The van der Waals surface area contributed by atoms with E-state index in [0.29, 0.717) is 25.6 Å². The lowest BCUT2D eigenvalue weighted by molar-refractivity contribution is -0.0749. The molecule has 0 spiro atoms. The highest BCUT2D eigenvalue weighted by atomic mass is 19.1. The van der Waals surface area contributed by atoms with E-state index in [4.69, 9.17) is 9.47 Å². The average Bonchev–Trinajstić information content (AvgIpc) is 2.21. The van der Waals surface area contributed by atoms with Crippen molar-refractivity contribution in [2.45, 2.75) is 12.5 Å². The third-order valence-corrected chi connectivity index (χ3v) is 2.96. The zero-order valence-electron chi connectivity index (χ0n) is 9.55. The van der Waals surface area contributed by atoms with Crippen LogP contribution in [0.4, 0.5) is 4.39 Å². The second kappa shape index (κ2) is 4.39. The zero-order valence-corrected chi connectivity index (χ0v) is 9.55. The van der Waals surface area contributed by atoms with Crippen molar-refractivity contribution < 1.29 is 13.9 Å². The minimum absolute atomic E-state index is 0.231. The lowest BCUT2D eigenvalue weighted by Gasteiger charge is -2.41. The fourth-order valence-electron chi connectivity index (χ4n) is 1.83. The summed E-state index contributed by atoms with van der Waals surface area (Å²) in [7, 11) is 1.86. The molecular weight excluding hydrogens is 209 g/mol. The van der Waals surface area contributed by atoms with E-state index < -0.39 is 0 Å². The quantitative estimate of drug-likeness (QED) is 0.845. The molecule has 1 N–H and O–H groups in total. The number of hydrogen-bond donors (Lipinski definition) is 1. The Labute approximate surface area is 94.6 Å². The van der Waals surface area contributed by atoms with Crippen LogP contribution in [0.25, 0.3) is 0 Å². The molecule has 2 rings (SSSR count). The summed E-state index contributed by atoms with van der Waals surface area (Å²) in [6, 6.07) is 5.07. The highest BCUT2D eigenvalue weighted by Gasteiger charge is 2.39. The molecule has 1 saturated heterocycles. The Morgan fingerprint density at radius 2 is 2.25 bits per heavy atom. The van der Waals surface area contributed by atoms with Gasteiger partial charge < -0.3 is 14.8 Å². The van der Waals surface area contributed by atoms with Crippen LogP contribution in [0.1, 0.15) is 12.5 Å². The third-order valence-electron chi connectivity index (χ3n) is 2.96. The second-order valence-electron chi connectivity index (χ2n) is 3.90. The van der Waals surface area contributed by atoms with Crippen molar-refractivity contribution in [1.82, 2.24) is 5.32 Å². The van der Waals surface area contributed by atoms with Gasteiger partial charge in [-0.2, -0.15) is 0 Å². The molecule has 1 aliphatic heterocycles. The van der Waals surface area contributed by atoms with Gasteiger partial charge in [0.15, 0.2) is 11.6 Å². The summed E-state index contributed by atoms with van der Waals surface area (Å²) in [6.07, 6.45) is 0. The SMILES string of the molecule is CCOc1ccc(C2(NC)COC2)cc1F. The molecule has 16 heavy (non-hydrogen) atoms. The molecular formula is C12H16FNO2. The van der Waals surface area contributed by atoms with Crippen LogP contribution in [-0.4, -0.2) is 26.9 Å². The molecule has 0 saturated carbocycles. The number of hydrogen-bond acceptors (Lipinski definition) is 3. The summed E-state index contributed by atoms with van der Waals surface area (Å²) in [5.74, 6) is -0.0152. The minimum atomic E-state index is -0.319.